The van der Waals surface area contributed by atoms with Crippen molar-refractivity contribution in [2.45, 2.75) is 381 Å². The minimum atomic E-state index is -3.08. The van der Waals surface area contributed by atoms with Gasteiger partial charge in [-0.3, -0.25) is 9.59 Å². The molecule has 2 amide bonds. The summed E-state index contributed by atoms with van der Waals surface area (Å²) in [6.07, 6.45) is 23.6. The molecule has 3 heterocycles. The fraction of sp³-hybridized carbons (Fsp3) is 0.901. The summed E-state index contributed by atoms with van der Waals surface area (Å²) < 4.78 is 34.8. The molecule has 0 aliphatic carbocycles. The highest BCUT2D eigenvalue weighted by atomic mass is 16.8. The molecule has 0 aromatic heterocycles. The molecular weight excluding hydrogens is 1220 g/mol. The van der Waals surface area contributed by atoms with E-state index in [0.717, 1.165) is 77.6 Å². The number of carboxylic acid groups (broad SMARTS) is 1. The van der Waals surface area contributed by atoms with E-state index in [1.54, 1.807) is 6.08 Å². The van der Waals surface area contributed by atoms with Crippen LogP contribution in [0.2, 0.25) is 0 Å². The van der Waals surface area contributed by atoms with Gasteiger partial charge in [-0.15, -0.1) is 0 Å². The van der Waals surface area contributed by atoms with Crippen LogP contribution in [-0.2, 0) is 42.8 Å². The van der Waals surface area contributed by atoms with E-state index in [0.29, 0.717) is 12.8 Å². The SMILES string of the molecule is CCCCCCCCCCCCCC/C=C\CCCCCCCCCC(=O)NC(COC1OC(CO)C(OC2OC(CO)C(O)C(OC3(C(=O)O)CC(O)C(NC(C)=O)C(C(O)C(O)CO)O3)C2O)C(O)C1O)C(O)/C=C/CCCCCCCCCCCCCCCCC. The van der Waals surface area contributed by atoms with Gasteiger partial charge in [-0.25, -0.2) is 4.79 Å². The second-order valence-electron chi connectivity index (χ2n) is 26.8. The van der Waals surface area contributed by atoms with Crippen LogP contribution in [0.15, 0.2) is 24.3 Å². The molecule has 550 valence electrons. The van der Waals surface area contributed by atoms with Gasteiger partial charge in [0, 0.05) is 19.8 Å². The first-order valence-electron chi connectivity index (χ1n) is 36.7. The Bertz CT molecular complexity index is 1990. The summed E-state index contributed by atoms with van der Waals surface area (Å²) in [4.78, 5) is 38.6. The molecule has 3 saturated heterocycles. The molecule has 18 atom stereocenters. The standard InChI is InChI=1S/C71H130N2O21/c1-4-6-8-10-12-14-16-18-20-22-23-24-25-26-27-29-31-33-35-37-39-41-43-45-58(81)73-52(53(78)44-42-40-38-36-34-32-30-28-21-19-17-15-13-11-9-7-5-2)50-89-68-63(85)62(84)65(57(49-76)91-68)92-69-64(86)67(61(83)56(48-75)90-69)94-71(70(87)88)46-54(79)59(72-51(3)77)66(93-71)60(82)55(80)47-74/h26-27,42,44,52-57,59-69,74-76,78-80,82-86H,4-25,28-41,43,45-50H2,1-3H3,(H,72,77)(H,73,81)(H,87,88)/b27-26-,44-42+. The van der Waals surface area contributed by atoms with Gasteiger partial charge < -0.3 is 100 Å². The normalized spacial score (nSPS) is 28.0. The first kappa shape index (κ1) is 85.4. The first-order valence-corrected chi connectivity index (χ1v) is 36.7. The number of carbonyl (C=O) groups excluding carboxylic acids is 2. The van der Waals surface area contributed by atoms with Gasteiger partial charge in [0.2, 0.25) is 11.8 Å². The molecule has 3 fully saturated rings. The summed E-state index contributed by atoms with van der Waals surface area (Å²) in [5.74, 6) is -6.14. The van der Waals surface area contributed by atoms with E-state index >= 15 is 0 Å². The van der Waals surface area contributed by atoms with E-state index in [-0.39, 0.29) is 12.3 Å². The summed E-state index contributed by atoms with van der Waals surface area (Å²) in [6.45, 7) is 2.15. The highest BCUT2D eigenvalue weighted by Gasteiger charge is 2.60. The fourth-order valence-electron chi connectivity index (χ4n) is 12.8. The molecule has 0 aromatic rings. The maximum absolute atomic E-state index is 13.5. The number of hydrogen-bond donors (Lipinski definition) is 14. The molecule has 0 aromatic carbocycles. The lowest BCUT2D eigenvalue weighted by molar-refractivity contribution is -0.386. The Morgan fingerprint density at radius 3 is 1.45 bits per heavy atom. The number of carboxylic acids is 1. The molecule has 18 unspecified atom stereocenters. The third-order valence-corrected chi connectivity index (χ3v) is 18.6. The van der Waals surface area contributed by atoms with Crippen LogP contribution in [0.1, 0.15) is 271 Å². The van der Waals surface area contributed by atoms with Crippen molar-refractivity contribution in [1.82, 2.24) is 10.6 Å². The van der Waals surface area contributed by atoms with Gasteiger partial charge in [0.15, 0.2) is 12.6 Å². The van der Waals surface area contributed by atoms with Crippen LogP contribution in [0.3, 0.4) is 0 Å². The van der Waals surface area contributed by atoms with Gasteiger partial charge in [-0.2, -0.15) is 0 Å². The van der Waals surface area contributed by atoms with Gasteiger partial charge in [-0.05, 0) is 44.9 Å². The van der Waals surface area contributed by atoms with Crippen LogP contribution >= 0.6 is 0 Å². The lowest BCUT2D eigenvalue weighted by Gasteiger charge is -2.50. The number of hydrogen-bond acceptors (Lipinski definition) is 20. The van der Waals surface area contributed by atoms with Crippen LogP contribution in [0.25, 0.3) is 0 Å². The predicted octanol–water partition coefficient (Wildman–Crippen LogP) is 7.62. The predicted molar refractivity (Wildman–Crippen MR) is 357 cm³/mol. The van der Waals surface area contributed by atoms with Crippen LogP contribution < -0.4 is 10.6 Å². The van der Waals surface area contributed by atoms with Crippen molar-refractivity contribution < 1.29 is 104 Å². The van der Waals surface area contributed by atoms with Crippen molar-refractivity contribution >= 4 is 17.8 Å². The number of ether oxygens (including phenoxy) is 6. The molecule has 3 rings (SSSR count). The van der Waals surface area contributed by atoms with Crippen molar-refractivity contribution in [3.8, 4) is 0 Å². The van der Waals surface area contributed by atoms with Crippen LogP contribution in [0, 0.1) is 0 Å². The fourth-order valence-corrected chi connectivity index (χ4v) is 12.8. The summed E-state index contributed by atoms with van der Waals surface area (Å²) in [7, 11) is 0. The zero-order valence-corrected chi connectivity index (χ0v) is 57.6. The first-order chi connectivity index (χ1) is 45.4. The second-order valence-corrected chi connectivity index (χ2v) is 26.8. The number of aliphatic carboxylic acids is 1. The molecule has 3 aliphatic heterocycles. The maximum Gasteiger partial charge on any atom is 0.364 e. The van der Waals surface area contributed by atoms with Crippen molar-refractivity contribution in [1.29, 1.82) is 0 Å². The summed E-state index contributed by atoms with van der Waals surface area (Å²) >= 11 is 0. The van der Waals surface area contributed by atoms with Crippen molar-refractivity contribution in [3.05, 3.63) is 24.3 Å². The molecule has 3 aliphatic rings. The zero-order chi connectivity index (χ0) is 68.9. The summed E-state index contributed by atoms with van der Waals surface area (Å²) in [5.41, 5.74) is 0. The largest absolute Gasteiger partial charge is 0.477 e. The topological polar surface area (TPSA) is 373 Å². The van der Waals surface area contributed by atoms with Crippen LogP contribution in [-0.4, -0.2) is 215 Å². The van der Waals surface area contributed by atoms with E-state index in [4.69, 9.17) is 28.4 Å². The molecule has 0 radical (unpaired) electrons. The number of unbranched alkanes of at least 4 members (excludes halogenated alkanes) is 34. The van der Waals surface area contributed by atoms with E-state index < -0.39 is 155 Å². The average Bonchev–Trinajstić information content (AvgIpc) is 0.762. The molecule has 0 saturated carbocycles. The Morgan fingerprint density at radius 1 is 0.553 bits per heavy atom. The number of carbonyl (C=O) groups is 3. The lowest BCUT2D eigenvalue weighted by Crippen LogP contribution is -2.70. The van der Waals surface area contributed by atoms with Gasteiger partial charge in [0.25, 0.3) is 5.79 Å². The minimum absolute atomic E-state index is 0.196. The number of allylic oxidation sites excluding steroid dienone is 3. The number of nitrogens with one attached hydrogen (secondary N) is 2. The van der Waals surface area contributed by atoms with E-state index in [9.17, 15) is 75.7 Å². The Hall–Kier alpha value is -2.79. The van der Waals surface area contributed by atoms with Crippen molar-refractivity contribution in [3.63, 3.8) is 0 Å². The lowest BCUT2D eigenvalue weighted by atomic mass is 9.88. The number of aliphatic hydroxyl groups excluding tert-OH is 11. The molecule has 0 bridgehead atoms. The number of amides is 2. The van der Waals surface area contributed by atoms with E-state index in [1.807, 2.05) is 6.08 Å². The molecule has 94 heavy (non-hydrogen) atoms. The minimum Gasteiger partial charge on any atom is -0.477 e. The average molecular weight is 1350 g/mol. The Kier molecular flexibility index (Phi) is 46.7. The molecular formula is C71H130N2O21. The van der Waals surface area contributed by atoms with Gasteiger partial charge >= 0.3 is 5.97 Å². The second kappa shape index (κ2) is 51.4. The monoisotopic (exact) mass is 1350 g/mol. The quantitative estimate of drug-likeness (QED) is 0.0205. The highest BCUT2D eigenvalue weighted by molar-refractivity contribution is 5.77. The molecule has 0 spiro atoms. The third-order valence-electron chi connectivity index (χ3n) is 18.6. The number of rotatable bonds is 56. The Morgan fingerprint density at radius 2 is 1.00 bits per heavy atom. The van der Waals surface area contributed by atoms with Crippen molar-refractivity contribution in [2.24, 2.45) is 0 Å². The zero-order valence-electron chi connectivity index (χ0n) is 57.6. The Balaban J connectivity index is 1.57. The molecule has 23 nitrogen and oxygen atoms in total. The third kappa shape index (κ3) is 32.9. The van der Waals surface area contributed by atoms with Crippen LogP contribution in [0.4, 0.5) is 0 Å². The van der Waals surface area contributed by atoms with E-state index in [2.05, 4.69) is 36.6 Å². The van der Waals surface area contributed by atoms with Gasteiger partial charge in [-0.1, -0.05) is 231 Å². The molecule has 14 N–H and O–H groups in total. The Labute approximate surface area is 562 Å². The maximum atomic E-state index is 13.5. The van der Waals surface area contributed by atoms with Crippen LogP contribution in [0.5, 0.6) is 0 Å². The summed E-state index contributed by atoms with van der Waals surface area (Å²) in [5, 5.41) is 136. The number of aliphatic hydroxyl groups is 11. The molecule has 23 heteroatoms. The van der Waals surface area contributed by atoms with Gasteiger partial charge in [0.05, 0.1) is 50.7 Å². The highest BCUT2D eigenvalue weighted by Crippen LogP contribution is 2.39. The smallest absolute Gasteiger partial charge is 0.364 e. The summed E-state index contributed by atoms with van der Waals surface area (Å²) in [6, 6.07) is -2.62. The van der Waals surface area contributed by atoms with E-state index in [1.165, 1.54) is 154 Å². The van der Waals surface area contributed by atoms with Gasteiger partial charge in [0.1, 0.15) is 67.1 Å². The van der Waals surface area contributed by atoms with Crippen molar-refractivity contribution in [2.75, 3.05) is 26.4 Å².